The molecule has 0 radical (unpaired) electrons. The Balaban J connectivity index is 2.26. The topological polar surface area (TPSA) is 84.2 Å². The van der Waals surface area contributed by atoms with Gasteiger partial charge in [-0.1, -0.05) is 0 Å². The molecule has 0 saturated carbocycles. The van der Waals surface area contributed by atoms with E-state index in [1.807, 2.05) is 13.8 Å². The number of nitrogens with zero attached hydrogens (tertiary/aromatic N) is 1. The van der Waals surface area contributed by atoms with Crippen LogP contribution in [0.2, 0.25) is 0 Å². The summed E-state index contributed by atoms with van der Waals surface area (Å²) in [6.45, 7) is 6.02. The molecule has 0 aromatic carbocycles. The molecule has 2 N–H and O–H groups in total. The standard InChI is InChI=1S/C14H19N3O3S/c1-4-15-14-13(6-5-9-16-14)21(18,19)17-11(3)12-8-7-10(2)20-12/h5-9,11,17H,4H2,1-3H3,(H,15,16). The zero-order chi connectivity index (χ0) is 15.5. The number of nitrogens with one attached hydrogen (secondary N) is 2. The summed E-state index contributed by atoms with van der Waals surface area (Å²) in [6, 6.07) is 6.22. The molecule has 0 aliphatic rings. The molecule has 2 rings (SSSR count). The number of rotatable bonds is 6. The third-order valence-electron chi connectivity index (χ3n) is 2.92. The van der Waals surface area contributed by atoms with Crippen molar-refractivity contribution in [1.29, 1.82) is 0 Å². The van der Waals surface area contributed by atoms with Crippen molar-refractivity contribution in [2.24, 2.45) is 0 Å². The van der Waals surface area contributed by atoms with Gasteiger partial charge in [0.1, 0.15) is 22.2 Å². The van der Waals surface area contributed by atoms with E-state index in [9.17, 15) is 8.42 Å². The third kappa shape index (κ3) is 3.62. The molecule has 21 heavy (non-hydrogen) atoms. The summed E-state index contributed by atoms with van der Waals surface area (Å²) in [6.07, 6.45) is 1.55. The Morgan fingerprint density at radius 1 is 1.33 bits per heavy atom. The van der Waals surface area contributed by atoms with Gasteiger partial charge < -0.3 is 9.73 Å². The minimum Gasteiger partial charge on any atom is -0.465 e. The minimum absolute atomic E-state index is 0.127. The Morgan fingerprint density at radius 3 is 2.71 bits per heavy atom. The quantitative estimate of drug-likeness (QED) is 0.856. The first kappa shape index (κ1) is 15.5. The van der Waals surface area contributed by atoms with Crippen LogP contribution >= 0.6 is 0 Å². The van der Waals surface area contributed by atoms with E-state index in [1.165, 1.54) is 6.07 Å². The van der Waals surface area contributed by atoms with Gasteiger partial charge in [-0.3, -0.25) is 0 Å². The third-order valence-corrected chi connectivity index (χ3v) is 4.50. The van der Waals surface area contributed by atoms with Crippen molar-refractivity contribution >= 4 is 15.8 Å². The summed E-state index contributed by atoms with van der Waals surface area (Å²) < 4.78 is 33.0. The maximum Gasteiger partial charge on any atom is 0.244 e. The molecule has 1 atom stereocenters. The molecule has 114 valence electrons. The van der Waals surface area contributed by atoms with Gasteiger partial charge in [-0.2, -0.15) is 0 Å². The average molecular weight is 309 g/mol. The van der Waals surface area contributed by atoms with Crippen LogP contribution in [-0.4, -0.2) is 19.9 Å². The molecule has 0 aliphatic carbocycles. The minimum atomic E-state index is -3.69. The van der Waals surface area contributed by atoms with Gasteiger partial charge in [-0.15, -0.1) is 0 Å². The summed E-state index contributed by atoms with van der Waals surface area (Å²) >= 11 is 0. The second-order valence-corrected chi connectivity index (χ2v) is 6.35. The van der Waals surface area contributed by atoms with Crippen LogP contribution in [0.3, 0.4) is 0 Å². The van der Waals surface area contributed by atoms with Crippen molar-refractivity contribution in [2.75, 3.05) is 11.9 Å². The van der Waals surface area contributed by atoms with Gasteiger partial charge in [0.2, 0.25) is 10.0 Å². The predicted octanol–water partition coefficient (Wildman–Crippen LogP) is 2.45. The summed E-state index contributed by atoms with van der Waals surface area (Å²) in [5.74, 6) is 1.66. The maximum absolute atomic E-state index is 12.5. The zero-order valence-corrected chi connectivity index (χ0v) is 13.1. The number of furan rings is 1. The van der Waals surface area contributed by atoms with Crippen molar-refractivity contribution in [1.82, 2.24) is 9.71 Å². The maximum atomic E-state index is 12.5. The number of aromatic nitrogens is 1. The number of hydrogen-bond donors (Lipinski definition) is 2. The lowest BCUT2D eigenvalue weighted by molar-refractivity contribution is 0.441. The second kappa shape index (κ2) is 6.28. The molecule has 7 heteroatoms. The van der Waals surface area contributed by atoms with Crippen molar-refractivity contribution in [2.45, 2.75) is 31.7 Å². The first-order valence-corrected chi connectivity index (χ1v) is 8.20. The Labute approximate surface area is 124 Å². The van der Waals surface area contributed by atoms with E-state index in [-0.39, 0.29) is 4.90 Å². The van der Waals surface area contributed by atoms with Crippen molar-refractivity contribution in [3.8, 4) is 0 Å². The summed E-state index contributed by atoms with van der Waals surface area (Å²) in [5.41, 5.74) is 0. The first-order valence-electron chi connectivity index (χ1n) is 6.71. The molecule has 2 aromatic rings. The van der Waals surface area contributed by atoms with Gasteiger partial charge in [0.25, 0.3) is 0 Å². The fraction of sp³-hybridized carbons (Fsp3) is 0.357. The Morgan fingerprint density at radius 2 is 2.10 bits per heavy atom. The van der Waals surface area contributed by atoms with Gasteiger partial charge >= 0.3 is 0 Å². The second-order valence-electron chi connectivity index (χ2n) is 4.67. The van der Waals surface area contributed by atoms with Crippen LogP contribution in [0.1, 0.15) is 31.4 Å². The lowest BCUT2D eigenvalue weighted by atomic mass is 10.3. The molecule has 2 heterocycles. The van der Waals surface area contributed by atoms with E-state index < -0.39 is 16.1 Å². The van der Waals surface area contributed by atoms with Crippen LogP contribution in [0.15, 0.2) is 39.8 Å². The van der Waals surface area contributed by atoms with Gasteiger partial charge in [-0.25, -0.2) is 18.1 Å². The zero-order valence-electron chi connectivity index (χ0n) is 12.3. The highest BCUT2D eigenvalue weighted by Crippen LogP contribution is 2.22. The van der Waals surface area contributed by atoms with Gasteiger partial charge in [0, 0.05) is 12.7 Å². The van der Waals surface area contributed by atoms with Crippen LogP contribution in [0.5, 0.6) is 0 Å². The van der Waals surface area contributed by atoms with Crippen LogP contribution in [0, 0.1) is 6.92 Å². The molecule has 6 nitrogen and oxygen atoms in total. The highest BCUT2D eigenvalue weighted by molar-refractivity contribution is 7.89. The highest BCUT2D eigenvalue weighted by atomic mass is 32.2. The number of anilines is 1. The molecular formula is C14H19N3O3S. The SMILES string of the molecule is CCNc1ncccc1S(=O)(=O)NC(C)c1ccc(C)o1. The number of pyridine rings is 1. The smallest absolute Gasteiger partial charge is 0.244 e. The van der Waals surface area contributed by atoms with E-state index in [1.54, 1.807) is 31.3 Å². The van der Waals surface area contributed by atoms with Crippen LogP contribution in [0.4, 0.5) is 5.82 Å². The van der Waals surface area contributed by atoms with E-state index in [4.69, 9.17) is 4.42 Å². The first-order chi connectivity index (χ1) is 9.94. The molecule has 0 aliphatic heterocycles. The summed E-state index contributed by atoms with van der Waals surface area (Å²) in [5, 5.41) is 2.95. The summed E-state index contributed by atoms with van der Waals surface area (Å²) in [7, 11) is -3.69. The van der Waals surface area contributed by atoms with Crippen molar-refractivity contribution < 1.29 is 12.8 Å². The normalized spacial score (nSPS) is 13.1. The average Bonchev–Trinajstić information content (AvgIpc) is 2.86. The highest BCUT2D eigenvalue weighted by Gasteiger charge is 2.23. The van der Waals surface area contributed by atoms with Gasteiger partial charge in [0.05, 0.1) is 6.04 Å². The van der Waals surface area contributed by atoms with Crippen LogP contribution in [0.25, 0.3) is 0 Å². The summed E-state index contributed by atoms with van der Waals surface area (Å²) in [4.78, 5) is 4.19. The lowest BCUT2D eigenvalue weighted by Gasteiger charge is -2.14. The predicted molar refractivity (Wildman–Crippen MR) is 80.6 cm³/mol. The Kier molecular flexibility index (Phi) is 4.64. The Hall–Kier alpha value is -1.86. The fourth-order valence-corrected chi connectivity index (χ4v) is 3.29. The van der Waals surface area contributed by atoms with Gasteiger partial charge in [0.15, 0.2) is 0 Å². The molecule has 1 unspecified atom stereocenters. The van der Waals surface area contributed by atoms with Crippen LogP contribution in [-0.2, 0) is 10.0 Å². The van der Waals surface area contributed by atoms with E-state index in [2.05, 4.69) is 15.0 Å². The van der Waals surface area contributed by atoms with Gasteiger partial charge in [-0.05, 0) is 45.0 Å². The fourth-order valence-electron chi connectivity index (χ4n) is 1.95. The Bertz CT molecular complexity index is 710. The number of aryl methyl sites for hydroxylation is 1. The molecule has 0 saturated heterocycles. The largest absolute Gasteiger partial charge is 0.465 e. The van der Waals surface area contributed by atoms with E-state index >= 15 is 0 Å². The van der Waals surface area contributed by atoms with E-state index in [0.29, 0.717) is 18.1 Å². The lowest BCUT2D eigenvalue weighted by Crippen LogP contribution is -2.27. The molecular weight excluding hydrogens is 290 g/mol. The van der Waals surface area contributed by atoms with Crippen LogP contribution < -0.4 is 10.0 Å². The molecule has 0 fully saturated rings. The van der Waals surface area contributed by atoms with Crippen molar-refractivity contribution in [3.63, 3.8) is 0 Å². The molecule has 0 bridgehead atoms. The van der Waals surface area contributed by atoms with E-state index in [0.717, 1.165) is 5.76 Å². The number of sulfonamides is 1. The molecule has 0 spiro atoms. The molecule has 2 aromatic heterocycles. The number of hydrogen-bond acceptors (Lipinski definition) is 5. The monoisotopic (exact) mass is 309 g/mol. The molecule has 0 amide bonds. The van der Waals surface area contributed by atoms with Crippen molar-refractivity contribution in [3.05, 3.63) is 42.0 Å².